The van der Waals surface area contributed by atoms with Gasteiger partial charge in [0.15, 0.2) is 0 Å². The number of urea groups is 1. The molecule has 1 aliphatic carbocycles. The molecule has 0 aliphatic heterocycles. The van der Waals surface area contributed by atoms with Crippen LogP contribution in [0.1, 0.15) is 24.3 Å². The standard InChI is InChI=1S/C17H19N3O3S/c18-24(22,23)16-8-4-7-14(11-16)19-17(21)20-15-9-13(10-15)12-5-2-1-3-6-12/h1-8,11,13,15H,9-10H2,(H2,18,22,23)(H2,19,20,21). The molecule has 0 radical (unpaired) electrons. The Morgan fingerprint density at radius 1 is 1.04 bits per heavy atom. The number of carbonyl (C=O) groups is 1. The van der Waals surface area contributed by atoms with E-state index in [1.54, 1.807) is 6.07 Å². The third kappa shape index (κ3) is 3.93. The summed E-state index contributed by atoms with van der Waals surface area (Å²) in [6, 6.07) is 15.8. The molecule has 0 heterocycles. The zero-order valence-corrected chi connectivity index (χ0v) is 13.8. The summed E-state index contributed by atoms with van der Waals surface area (Å²) in [5, 5.41) is 10.6. The number of nitrogens with two attached hydrogens (primary N) is 1. The van der Waals surface area contributed by atoms with Crippen LogP contribution in [0.15, 0.2) is 59.5 Å². The van der Waals surface area contributed by atoms with Crippen molar-refractivity contribution in [3.05, 3.63) is 60.2 Å². The molecule has 0 unspecified atom stereocenters. The van der Waals surface area contributed by atoms with Crippen LogP contribution in [0.2, 0.25) is 0 Å². The van der Waals surface area contributed by atoms with Gasteiger partial charge in [-0.3, -0.25) is 0 Å². The van der Waals surface area contributed by atoms with Gasteiger partial charge in [-0.2, -0.15) is 0 Å². The third-order valence-electron chi connectivity index (χ3n) is 4.16. The lowest BCUT2D eigenvalue weighted by Gasteiger charge is -2.36. The van der Waals surface area contributed by atoms with E-state index in [-0.39, 0.29) is 17.0 Å². The van der Waals surface area contributed by atoms with Crippen molar-refractivity contribution < 1.29 is 13.2 Å². The first-order valence-corrected chi connectivity index (χ1v) is 9.22. The van der Waals surface area contributed by atoms with Crippen molar-refractivity contribution in [1.29, 1.82) is 0 Å². The molecule has 3 rings (SSSR count). The quantitative estimate of drug-likeness (QED) is 0.793. The molecule has 0 bridgehead atoms. The first-order chi connectivity index (χ1) is 11.4. The Morgan fingerprint density at radius 2 is 1.75 bits per heavy atom. The van der Waals surface area contributed by atoms with Crippen molar-refractivity contribution in [2.45, 2.75) is 29.7 Å². The lowest BCUT2D eigenvalue weighted by Crippen LogP contribution is -2.45. The SMILES string of the molecule is NS(=O)(=O)c1cccc(NC(=O)NC2CC(c3ccccc3)C2)c1. The number of hydrogen-bond acceptors (Lipinski definition) is 3. The van der Waals surface area contributed by atoms with Crippen LogP contribution in [0, 0.1) is 0 Å². The molecule has 0 atom stereocenters. The zero-order chi connectivity index (χ0) is 17.2. The van der Waals surface area contributed by atoms with Crippen molar-refractivity contribution in [1.82, 2.24) is 5.32 Å². The molecule has 24 heavy (non-hydrogen) atoms. The molecule has 0 saturated heterocycles. The molecular formula is C17H19N3O3S. The van der Waals surface area contributed by atoms with Gasteiger partial charge in [0.05, 0.1) is 4.90 Å². The van der Waals surface area contributed by atoms with E-state index in [1.807, 2.05) is 18.2 Å². The minimum Gasteiger partial charge on any atom is -0.335 e. The molecule has 126 valence electrons. The smallest absolute Gasteiger partial charge is 0.319 e. The molecule has 2 aromatic carbocycles. The number of primary sulfonamides is 1. The minimum absolute atomic E-state index is 0.0342. The van der Waals surface area contributed by atoms with Gasteiger partial charge in [-0.1, -0.05) is 36.4 Å². The Hall–Kier alpha value is -2.38. The predicted molar refractivity (Wildman–Crippen MR) is 92.2 cm³/mol. The highest BCUT2D eigenvalue weighted by Crippen LogP contribution is 2.36. The van der Waals surface area contributed by atoms with Gasteiger partial charge in [-0.15, -0.1) is 0 Å². The Morgan fingerprint density at radius 3 is 2.42 bits per heavy atom. The van der Waals surface area contributed by atoms with E-state index < -0.39 is 10.0 Å². The second-order valence-electron chi connectivity index (χ2n) is 5.95. The van der Waals surface area contributed by atoms with Crippen LogP contribution in [-0.4, -0.2) is 20.5 Å². The topological polar surface area (TPSA) is 101 Å². The summed E-state index contributed by atoms with van der Waals surface area (Å²) in [7, 11) is -3.79. The lowest BCUT2D eigenvalue weighted by molar-refractivity contribution is 0.233. The molecule has 4 N–H and O–H groups in total. The summed E-state index contributed by atoms with van der Waals surface area (Å²) >= 11 is 0. The summed E-state index contributed by atoms with van der Waals surface area (Å²) in [4.78, 5) is 12.0. The maximum atomic E-state index is 12.0. The van der Waals surface area contributed by atoms with Crippen LogP contribution in [0.25, 0.3) is 0 Å². The number of anilines is 1. The van der Waals surface area contributed by atoms with Crippen molar-refractivity contribution in [2.75, 3.05) is 5.32 Å². The second kappa shape index (κ2) is 6.62. The first kappa shape index (κ1) is 16.5. The molecule has 0 aromatic heterocycles. The van der Waals surface area contributed by atoms with E-state index in [0.29, 0.717) is 11.6 Å². The van der Waals surface area contributed by atoms with Gasteiger partial charge in [-0.25, -0.2) is 18.4 Å². The number of rotatable bonds is 4. The van der Waals surface area contributed by atoms with E-state index in [4.69, 9.17) is 5.14 Å². The van der Waals surface area contributed by atoms with Gasteiger partial charge in [0.25, 0.3) is 0 Å². The molecule has 1 aliphatic rings. The monoisotopic (exact) mass is 345 g/mol. The minimum atomic E-state index is -3.79. The predicted octanol–water partition coefficient (Wildman–Crippen LogP) is 2.40. The fraction of sp³-hybridized carbons (Fsp3) is 0.235. The van der Waals surface area contributed by atoms with Crippen molar-refractivity contribution in [3.63, 3.8) is 0 Å². The molecular weight excluding hydrogens is 326 g/mol. The molecule has 2 aromatic rings. The van der Waals surface area contributed by atoms with Gasteiger partial charge in [-0.05, 0) is 42.5 Å². The Labute approximate surface area is 141 Å². The Balaban J connectivity index is 1.52. The van der Waals surface area contributed by atoms with E-state index in [0.717, 1.165) is 12.8 Å². The largest absolute Gasteiger partial charge is 0.335 e. The summed E-state index contributed by atoms with van der Waals surface area (Å²) in [5.74, 6) is 0.474. The van der Waals surface area contributed by atoms with Gasteiger partial charge in [0, 0.05) is 11.7 Å². The van der Waals surface area contributed by atoms with Gasteiger partial charge >= 0.3 is 6.03 Å². The Kier molecular flexibility index (Phi) is 4.55. The summed E-state index contributed by atoms with van der Waals surface area (Å²) < 4.78 is 22.6. The van der Waals surface area contributed by atoms with Crippen LogP contribution < -0.4 is 15.8 Å². The number of benzene rings is 2. The fourth-order valence-electron chi connectivity index (χ4n) is 2.84. The fourth-order valence-corrected chi connectivity index (χ4v) is 3.40. The zero-order valence-electron chi connectivity index (χ0n) is 13.0. The Bertz CT molecular complexity index is 831. The number of nitrogens with one attached hydrogen (secondary N) is 2. The highest BCUT2D eigenvalue weighted by Gasteiger charge is 2.31. The average molecular weight is 345 g/mol. The summed E-state index contributed by atoms with van der Waals surface area (Å²) in [6.45, 7) is 0. The maximum absolute atomic E-state index is 12.0. The molecule has 0 spiro atoms. The van der Waals surface area contributed by atoms with Gasteiger partial charge < -0.3 is 10.6 Å². The van der Waals surface area contributed by atoms with E-state index in [1.165, 1.54) is 23.8 Å². The second-order valence-corrected chi connectivity index (χ2v) is 7.51. The number of hydrogen-bond donors (Lipinski definition) is 3. The van der Waals surface area contributed by atoms with Crippen molar-refractivity contribution in [3.8, 4) is 0 Å². The van der Waals surface area contributed by atoms with Crippen LogP contribution in [0.3, 0.4) is 0 Å². The molecule has 6 nitrogen and oxygen atoms in total. The highest BCUT2D eigenvalue weighted by atomic mass is 32.2. The van der Waals surface area contributed by atoms with Crippen molar-refractivity contribution >= 4 is 21.7 Å². The van der Waals surface area contributed by atoms with Gasteiger partial charge in [0.1, 0.15) is 0 Å². The number of amides is 2. The van der Waals surface area contributed by atoms with E-state index in [9.17, 15) is 13.2 Å². The normalized spacial score (nSPS) is 20.0. The number of sulfonamides is 1. The molecule has 2 amide bonds. The molecule has 1 fully saturated rings. The van der Waals surface area contributed by atoms with E-state index in [2.05, 4.69) is 22.8 Å². The van der Waals surface area contributed by atoms with Crippen LogP contribution in [0.4, 0.5) is 10.5 Å². The number of carbonyl (C=O) groups excluding carboxylic acids is 1. The summed E-state index contributed by atoms with van der Waals surface area (Å²) in [6.07, 6.45) is 1.79. The van der Waals surface area contributed by atoms with E-state index >= 15 is 0 Å². The first-order valence-electron chi connectivity index (χ1n) is 7.67. The average Bonchev–Trinajstić information content (AvgIpc) is 2.51. The van der Waals surface area contributed by atoms with Crippen molar-refractivity contribution in [2.24, 2.45) is 5.14 Å². The van der Waals surface area contributed by atoms with Crippen LogP contribution >= 0.6 is 0 Å². The highest BCUT2D eigenvalue weighted by molar-refractivity contribution is 7.89. The van der Waals surface area contributed by atoms with Crippen LogP contribution in [0.5, 0.6) is 0 Å². The third-order valence-corrected chi connectivity index (χ3v) is 5.08. The molecule has 7 heteroatoms. The summed E-state index contributed by atoms with van der Waals surface area (Å²) in [5.41, 5.74) is 1.68. The lowest BCUT2D eigenvalue weighted by atomic mass is 9.76. The van der Waals surface area contributed by atoms with Crippen LogP contribution in [-0.2, 0) is 10.0 Å². The van der Waals surface area contributed by atoms with Gasteiger partial charge in [0.2, 0.25) is 10.0 Å². The molecule has 1 saturated carbocycles. The maximum Gasteiger partial charge on any atom is 0.319 e.